The van der Waals surface area contributed by atoms with Gasteiger partial charge in [0.2, 0.25) is 5.91 Å². The Morgan fingerprint density at radius 1 is 1.19 bits per heavy atom. The second-order valence-electron chi connectivity index (χ2n) is 5.51. The average molecular weight is 290 g/mol. The van der Waals surface area contributed by atoms with E-state index in [0.29, 0.717) is 12.5 Å². The van der Waals surface area contributed by atoms with Crippen molar-refractivity contribution in [3.05, 3.63) is 35.9 Å². The van der Waals surface area contributed by atoms with Crippen LogP contribution in [0.3, 0.4) is 0 Å². The van der Waals surface area contributed by atoms with E-state index in [-0.39, 0.29) is 12.5 Å². The Bertz CT molecular complexity index is 470. The highest BCUT2D eigenvalue weighted by atomic mass is 16.4. The summed E-state index contributed by atoms with van der Waals surface area (Å²) in [6, 6.07) is 8.83. The standard InChI is InChI=1S/C16H22N2O3/c19-15(11-17-13-8-4-5-9-13)18-14(16(20)21)10-12-6-2-1-3-7-12/h1-3,6-7,13-14,17H,4-5,8-11H2,(H,18,19)(H,20,21)/t14-/m1/s1. The third-order valence-corrected chi connectivity index (χ3v) is 3.82. The lowest BCUT2D eigenvalue weighted by atomic mass is 10.1. The molecule has 0 spiro atoms. The van der Waals surface area contributed by atoms with Gasteiger partial charge in [-0.25, -0.2) is 4.79 Å². The lowest BCUT2D eigenvalue weighted by molar-refractivity contribution is -0.141. The van der Waals surface area contributed by atoms with E-state index in [1.807, 2.05) is 30.3 Å². The first kappa shape index (κ1) is 15.5. The van der Waals surface area contributed by atoms with Crippen LogP contribution < -0.4 is 10.6 Å². The highest BCUT2D eigenvalue weighted by molar-refractivity contribution is 5.84. The monoisotopic (exact) mass is 290 g/mol. The molecule has 1 amide bonds. The predicted molar refractivity (Wildman–Crippen MR) is 80.0 cm³/mol. The number of amides is 1. The zero-order valence-electron chi connectivity index (χ0n) is 12.0. The van der Waals surface area contributed by atoms with E-state index in [2.05, 4.69) is 10.6 Å². The summed E-state index contributed by atoms with van der Waals surface area (Å²) in [5.41, 5.74) is 0.897. The smallest absolute Gasteiger partial charge is 0.326 e. The van der Waals surface area contributed by atoms with E-state index in [4.69, 9.17) is 0 Å². The molecule has 0 aromatic heterocycles. The van der Waals surface area contributed by atoms with Crippen molar-refractivity contribution < 1.29 is 14.7 Å². The Balaban J connectivity index is 1.81. The zero-order valence-corrected chi connectivity index (χ0v) is 12.0. The van der Waals surface area contributed by atoms with Gasteiger partial charge >= 0.3 is 5.97 Å². The second-order valence-corrected chi connectivity index (χ2v) is 5.51. The van der Waals surface area contributed by atoms with Gasteiger partial charge < -0.3 is 15.7 Å². The number of nitrogens with one attached hydrogen (secondary N) is 2. The molecular weight excluding hydrogens is 268 g/mol. The largest absolute Gasteiger partial charge is 0.480 e. The van der Waals surface area contributed by atoms with Gasteiger partial charge in [0.15, 0.2) is 0 Å². The van der Waals surface area contributed by atoms with Gasteiger partial charge in [-0.05, 0) is 18.4 Å². The lowest BCUT2D eigenvalue weighted by Crippen LogP contribution is -2.46. The number of benzene rings is 1. The molecule has 1 aromatic rings. The van der Waals surface area contributed by atoms with E-state index in [1.165, 1.54) is 12.8 Å². The highest BCUT2D eigenvalue weighted by Gasteiger charge is 2.21. The Labute approximate surface area is 124 Å². The third-order valence-electron chi connectivity index (χ3n) is 3.82. The molecule has 1 fully saturated rings. The first-order valence-corrected chi connectivity index (χ1v) is 7.44. The number of carboxylic acids is 1. The molecule has 1 atom stereocenters. The third kappa shape index (κ3) is 5.19. The predicted octanol–water partition coefficient (Wildman–Crippen LogP) is 1.33. The van der Waals surface area contributed by atoms with E-state index >= 15 is 0 Å². The van der Waals surface area contributed by atoms with Crippen LogP contribution in [0.1, 0.15) is 31.2 Å². The minimum absolute atomic E-state index is 0.184. The molecule has 5 nitrogen and oxygen atoms in total. The maximum Gasteiger partial charge on any atom is 0.326 e. The van der Waals surface area contributed by atoms with Crippen LogP contribution in [-0.2, 0) is 16.0 Å². The number of aliphatic carboxylic acids is 1. The Hall–Kier alpha value is -1.88. The Morgan fingerprint density at radius 2 is 1.86 bits per heavy atom. The summed E-state index contributed by atoms with van der Waals surface area (Å²) in [7, 11) is 0. The summed E-state index contributed by atoms with van der Waals surface area (Å²) in [5, 5.41) is 15.0. The van der Waals surface area contributed by atoms with Gasteiger partial charge in [-0.1, -0.05) is 43.2 Å². The molecule has 0 aliphatic heterocycles. The summed E-state index contributed by atoms with van der Waals surface area (Å²) in [5.74, 6) is -1.27. The van der Waals surface area contributed by atoms with Crippen LogP contribution in [0.5, 0.6) is 0 Å². The van der Waals surface area contributed by atoms with Gasteiger partial charge in [0, 0.05) is 12.5 Å². The molecule has 21 heavy (non-hydrogen) atoms. The van der Waals surface area contributed by atoms with Crippen LogP contribution in [0, 0.1) is 0 Å². The molecule has 2 rings (SSSR count). The molecule has 1 saturated carbocycles. The Morgan fingerprint density at radius 3 is 2.48 bits per heavy atom. The van der Waals surface area contributed by atoms with Gasteiger partial charge in [-0.3, -0.25) is 4.79 Å². The minimum Gasteiger partial charge on any atom is -0.480 e. The molecule has 1 aliphatic carbocycles. The van der Waals surface area contributed by atoms with E-state index in [0.717, 1.165) is 18.4 Å². The van der Waals surface area contributed by atoms with Crippen LogP contribution in [0.4, 0.5) is 0 Å². The van der Waals surface area contributed by atoms with Crippen molar-refractivity contribution in [1.82, 2.24) is 10.6 Å². The van der Waals surface area contributed by atoms with Crippen molar-refractivity contribution in [2.75, 3.05) is 6.54 Å². The maximum atomic E-state index is 11.9. The number of carbonyl (C=O) groups is 2. The van der Waals surface area contributed by atoms with Crippen LogP contribution in [-0.4, -0.2) is 35.6 Å². The van der Waals surface area contributed by atoms with Crippen LogP contribution in [0.2, 0.25) is 0 Å². The molecule has 0 unspecified atom stereocenters. The molecule has 1 aliphatic rings. The minimum atomic E-state index is -1.01. The summed E-state index contributed by atoms with van der Waals surface area (Å²) in [4.78, 5) is 23.1. The van der Waals surface area contributed by atoms with E-state index in [1.54, 1.807) is 0 Å². The maximum absolute atomic E-state index is 11.9. The molecule has 3 N–H and O–H groups in total. The quantitative estimate of drug-likeness (QED) is 0.708. The molecule has 0 bridgehead atoms. The van der Waals surface area contributed by atoms with Crippen LogP contribution in [0.25, 0.3) is 0 Å². The van der Waals surface area contributed by atoms with E-state index < -0.39 is 12.0 Å². The number of carboxylic acid groups (broad SMARTS) is 1. The fourth-order valence-corrected chi connectivity index (χ4v) is 2.66. The fraction of sp³-hybridized carbons (Fsp3) is 0.500. The van der Waals surface area contributed by atoms with Crippen molar-refractivity contribution in [3.63, 3.8) is 0 Å². The Kier molecular flexibility index (Phi) is 5.75. The summed E-state index contributed by atoms with van der Waals surface area (Å²) in [6.45, 7) is 0.184. The highest BCUT2D eigenvalue weighted by Crippen LogP contribution is 2.17. The van der Waals surface area contributed by atoms with Gasteiger partial charge in [-0.2, -0.15) is 0 Å². The number of carbonyl (C=O) groups excluding carboxylic acids is 1. The number of rotatable bonds is 7. The zero-order chi connectivity index (χ0) is 15.1. The van der Waals surface area contributed by atoms with Crippen molar-refractivity contribution in [3.8, 4) is 0 Å². The molecule has 5 heteroatoms. The molecule has 0 radical (unpaired) electrons. The van der Waals surface area contributed by atoms with Crippen molar-refractivity contribution in [2.24, 2.45) is 0 Å². The van der Waals surface area contributed by atoms with Crippen LogP contribution in [0.15, 0.2) is 30.3 Å². The summed E-state index contributed by atoms with van der Waals surface area (Å²) in [6.07, 6.45) is 4.89. The lowest BCUT2D eigenvalue weighted by Gasteiger charge is -2.16. The van der Waals surface area contributed by atoms with Gasteiger partial charge in [0.25, 0.3) is 0 Å². The van der Waals surface area contributed by atoms with Crippen molar-refractivity contribution in [1.29, 1.82) is 0 Å². The summed E-state index contributed by atoms with van der Waals surface area (Å²) < 4.78 is 0. The van der Waals surface area contributed by atoms with Crippen molar-refractivity contribution >= 4 is 11.9 Å². The van der Waals surface area contributed by atoms with E-state index in [9.17, 15) is 14.7 Å². The normalized spacial score (nSPS) is 16.6. The van der Waals surface area contributed by atoms with Crippen molar-refractivity contribution in [2.45, 2.75) is 44.2 Å². The topological polar surface area (TPSA) is 78.4 Å². The molecule has 0 heterocycles. The fourth-order valence-electron chi connectivity index (χ4n) is 2.66. The SMILES string of the molecule is O=C(CNC1CCCC1)N[C@H](Cc1ccccc1)C(=O)O. The molecule has 114 valence electrons. The van der Waals surface area contributed by atoms with Gasteiger partial charge in [0.05, 0.1) is 6.54 Å². The molecular formula is C16H22N2O3. The van der Waals surface area contributed by atoms with Gasteiger partial charge in [0.1, 0.15) is 6.04 Å². The van der Waals surface area contributed by atoms with Crippen LogP contribution >= 0.6 is 0 Å². The average Bonchev–Trinajstić information content (AvgIpc) is 2.99. The number of hydrogen-bond donors (Lipinski definition) is 3. The number of hydrogen-bond acceptors (Lipinski definition) is 3. The first-order chi connectivity index (χ1) is 10.1. The second kappa shape index (κ2) is 7.78. The summed E-state index contributed by atoms with van der Waals surface area (Å²) >= 11 is 0. The first-order valence-electron chi connectivity index (χ1n) is 7.44. The molecule has 0 saturated heterocycles. The van der Waals surface area contributed by atoms with Gasteiger partial charge in [-0.15, -0.1) is 0 Å². The molecule has 1 aromatic carbocycles.